The summed E-state index contributed by atoms with van der Waals surface area (Å²) in [5, 5.41) is 6.61. The lowest BCUT2D eigenvalue weighted by atomic mass is 10.3. The smallest absolute Gasteiger partial charge is 0.126 e. The average Bonchev–Trinajstić information content (AvgIpc) is 2.12. The summed E-state index contributed by atoms with van der Waals surface area (Å²) in [6.07, 6.45) is 1.83. The Morgan fingerprint density at radius 1 is 1.36 bits per heavy atom. The number of aryl methyl sites for hydroxylation is 1. The largest absolute Gasteiger partial charge is 0.369 e. The van der Waals surface area contributed by atoms with Gasteiger partial charge in [-0.1, -0.05) is 13.8 Å². The standard InChI is InChI=1S/C11H19N3/c1-9(2)12-6-7-14-11-8-10(3)4-5-13-11/h4-5,8-9,12H,6-7H2,1-3H3,(H,13,14). The predicted octanol–water partition coefficient (Wildman–Crippen LogP) is 1.80. The molecule has 0 aliphatic heterocycles. The molecule has 2 N–H and O–H groups in total. The van der Waals surface area contributed by atoms with Gasteiger partial charge >= 0.3 is 0 Å². The zero-order valence-corrected chi connectivity index (χ0v) is 9.17. The minimum absolute atomic E-state index is 0.544. The van der Waals surface area contributed by atoms with Gasteiger partial charge in [-0.25, -0.2) is 4.98 Å². The molecule has 0 atom stereocenters. The van der Waals surface area contributed by atoms with Crippen LogP contribution in [0.4, 0.5) is 5.82 Å². The van der Waals surface area contributed by atoms with Crippen LogP contribution in [0.2, 0.25) is 0 Å². The molecule has 0 spiro atoms. The van der Waals surface area contributed by atoms with Crippen molar-refractivity contribution in [2.45, 2.75) is 26.8 Å². The molecule has 1 aromatic heterocycles. The van der Waals surface area contributed by atoms with Gasteiger partial charge in [-0.05, 0) is 24.6 Å². The first kappa shape index (κ1) is 11.0. The molecule has 0 aliphatic rings. The van der Waals surface area contributed by atoms with Crippen LogP contribution in [0, 0.1) is 6.92 Å². The Morgan fingerprint density at radius 3 is 2.79 bits per heavy atom. The first-order valence-corrected chi connectivity index (χ1v) is 5.08. The predicted molar refractivity (Wildman–Crippen MR) is 60.6 cm³/mol. The Bertz CT molecular complexity index is 271. The quantitative estimate of drug-likeness (QED) is 0.700. The van der Waals surface area contributed by atoms with Gasteiger partial charge in [-0.2, -0.15) is 0 Å². The molecular weight excluding hydrogens is 174 g/mol. The van der Waals surface area contributed by atoms with Crippen LogP contribution < -0.4 is 10.6 Å². The van der Waals surface area contributed by atoms with E-state index in [1.165, 1.54) is 5.56 Å². The van der Waals surface area contributed by atoms with Crippen LogP contribution in [0.25, 0.3) is 0 Å². The first-order chi connectivity index (χ1) is 6.68. The second kappa shape index (κ2) is 5.60. The van der Waals surface area contributed by atoms with Crippen LogP contribution >= 0.6 is 0 Å². The van der Waals surface area contributed by atoms with E-state index in [9.17, 15) is 0 Å². The molecule has 0 fully saturated rings. The van der Waals surface area contributed by atoms with E-state index in [2.05, 4.69) is 42.5 Å². The van der Waals surface area contributed by atoms with E-state index in [1.54, 1.807) is 0 Å². The SMILES string of the molecule is Cc1ccnc(NCCNC(C)C)c1. The normalized spacial score (nSPS) is 10.6. The highest BCUT2D eigenvalue weighted by molar-refractivity contribution is 5.36. The topological polar surface area (TPSA) is 37.0 Å². The molecule has 1 aromatic rings. The summed E-state index contributed by atoms with van der Waals surface area (Å²) in [4.78, 5) is 4.22. The molecule has 0 saturated carbocycles. The highest BCUT2D eigenvalue weighted by Gasteiger charge is 1.94. The lowest BCUT2D eigenvalue weighted by Crippen LogP contribution is -2.28. The molecule has 0 aromatic carbocycles. The molecule has 1 heterocycles. The van der Waals surface area contributed by atoms with Crippen molar-refractivity contribution in [3.05, 3.63) is 23.9 Å². The van der Waals surface area contributed by atoms with Gasteiger partial charge in [-0.3, -0.25) is 0 Å². The van der Waals surface area contributed by atoms with Crippen molar-refractivity contribution in [2.24, 2.45) is 0 Å². The van der Waals surface area contributed by atoms with Crippen molar-refractivity contribution in [1.29, 1.82) is 0 Å². The van der Waals surface area contributed by atoms with E-state index in [0.717, 1.165) is 18.9 Å². The fourth-order valence-corrected chi connectivity index (χ4v) is 1.18. The molecule has 0 radical (unpaired) electrons. The van der Waals surface area contributed by atoms with Gasteiger partial charge < -0.3 is 10.6 Å². The van der Waals surface area contributed by atoms with Crippen molar-refractivity contribution in [3.8, 4) is 0 Å². The Morgan fingerprint density at radius 2 is 2.14 bits per heavy atom. The van der Waals surface area contributed by atoms with E-state index in [1.807, 2.05) is 12.3 Å². The second-order valence-corrected chi connectivity index (χ2v) is 3.75. The van der Waals surface area contributed by atoms with Crippen molar-refractivity contribution in [1.82, 2.24) is 10.3 Å². The van der Waals surface area contributed by atoms with Crippen LogP contribution in [0.15, 0.2) is 18.3 Å². The van der Waals surface area contributed by atoms with Crippen molar-refractivity contribution in [3.63, 3.8) is 0 Å². The fourth-order valence-electron chi connectivity index (χ4n) is 1.18. The third-order valence-corrected chi connectivity index (χ3v) is 1.90. The van der Waals surface area contributed by atoms with Gasteiger partial charge in [0.2, 0.25) is 0 Å². The summed E-state index contributed by atoms with van der Waals surface area (Å²) in [7, 11) is 0. The molecular formula is C11H19N3. The van der Waals surface area contributed by atoms with Gasteiger partial charge in [0.15, 0.2) is 0 Å². The molecule has 0 saturated heterocycles. The van der Waals surface area contributed by atoms with Gasteiger partial charge in [-0.15, -0.1) is 0 Å². The fraction of sp³-hybridized carbons (Fsp3) is 0.545. The molecule has 3 nitrogen and oxygen atoms in total. The Balaban J connectivity index is 2.25. The summed E-state index contributed by atoms with van der Waals surface area (Å²) in [5.41, 5.74) is 1.24. The number of nitrogens with zero attached hydrogens (tertiary/aromatic N) is 1. The molecule has 0 bridgehead atoms. The molecule has 0 aliphatic carbocycles. The lowest BCUT2D eigenvalue weighted by Gasteiger charge is -2.09. The van der Waals surface area contributed by atoms with Gasteiger partial charge in [0, 0.05) is 25.3 Å². The Hall–Kier alpha value is -1.09. The number of nitrogens with one attached hydrogen (secondary N) is 2. The summed E-state index contributed by atoms with van der Waals surface area (Å²) in [6.45, 7) is 8.23. The zero-order valence-electron chi connectivity index (χ0n) is 9.17. The van der Waals surface area contributed by atoms with Crippen LogP contribution in [0.5, 0.6) is 0 Å². The van der Waals surface area contributed by atoms with Crippen LogP contribution in [-0.4, -0.2) is 24.1 Å². The summed E-state index contributed by atoms with van der Waals surface area (Å²) >= 11 is 0. The summed E-state index contributed by atoms with van der Waals surface area (Å²) < 4.78 is 0. The van der Waals surface area contributed by atoms with Crippen molar-refractivity contribution < 1.29 is 0 Å². The number of anilines is 1. The number of aromatic nitrogens is 1. The number of hydrogen-bond acceptors (Lipinski definition) is 3. The van der Waals surface area contributed by atoms with Crippen LogP contribution in [0.3, 0.4) is 0 Å². The summed E-state index contributed by atoms with van der Waals surface area (Å²) in [6, 6.07) is 4.59. The van der Waals surface area contributed by atoms with Gasteiger partial charge in [0.1, 0.15) is 5.82 Å². The number of pyridine rings is 1. The average molecular weight is 193 g/mol. The van der Waals surface area contributed by atoms with E-state index < -0.39 is 0 Å². The van der Waals surface area contributed by atoms with Crippen molar-refractivity contribution in [2.75, 3.05) is 18.4 Å². The molecule has 3 heteroatoms. The highest BCUT2D eigenvalue weighted by atomic mass is 15.0. The van der Waals surface area contributed by atoms with Gasteiger partial charge in [0.05, 0.1) is 0 Å². The number of hydrogen-bond donors (Lipinski definition) is 2. The Kier molecular flexibility index (Phi) is 4.40. The van der Waals surface area contributed by atoms with E-state index >= 15 is 0 Å². The minimum Gasteiger partial charge on any atom is -0.369 e. The van der Waals surface area contributed by atoms with E-state index in [0.29, 0.717) is 6.04 Å². The van der Waals surface area contributed by atoms with Crippen molar-refractivity contribution >= 4 is 5.82 Å². The zero-order chi connectivity index (χ0) is 10.4. The van der Waals surface area contributed by atoms with Crippen LogP contribution in [0.1, 0.15) is 19.4 Å². The molecule has 78 valence electrons. The number of rotatable bonds is 5. The molecule has 1 rings (SSSR count). The lowest BCUT2D eigenvalue weighted by molar-refractivity contribution is 0.602. The maximum atomic E-state index is 4.22. The molecule has 14 heavy (non-hydrogen) atoms. The monoisotopic (exact) mass is 193 g/mol. The van der Waals surface area contributed by atoms with Crippen LogP contribution in [-0.2, 0) is 0 Å². The second-order valence-electron chi connectivity index (χ2n) is 3.75. The summed E-state index contributed by atoms with van der Waals surface area (Å²) in [5.74, 6) is 0.954. The maximum absolute atomic E-state index is 4.22. The highest BCUT2D eigenvalue weighted by Crippen LogP contribution is 2.03. The molecule has 0 unspecified atom stereocenters. The van der Waals surface area contributed by atoms with Gasteiger partial charge in [0.25, 0.3) is 0 Å². The van der Waals surface area contributed by atoms with E-state index in [4.69, 9.17) is 0 Å². The molecule has 0 amide bonds. The third kappa shape index (κ3) is 4.23. The third-order valence-electron chi connectivity index (χ3n) is 1.90. The maximum Gasteiger partial charge on any atom is 0.126 e. The minimum atomic E-state index is 0.544. The van der Waals surface area contributed by atoms with E-state index in [-0.39, 0.29) is 0 Å². The Labute approximate surface area is 85.9 Å². The first-order valence-electron chi connectivity index (χ1n) is 5.08.